The predicted octanol–water partition coefficient (Wildman–Crippen LogP) is 2.87. The van der Waals surface area contributed by atoms with Crippen molar-refractivity contribution in [3.63, 3.8) is 0 Å². The van der Waals surface area contributed by atoms with Crippen LogP contribution in [0, 0.1) is 6.92 Å². The molecule has 0 fully saturated rings. The van der Waals surface area contributed by atoms with Crippen LogP contribution in [-0.2, 0) is 6.42 Å². The van der Waals surface area contributed by atoms with Crippen molar-refractivity contribution in [2.24, 2.45) is 0 Å². The van der Waals surface area contributed by atoms with Crippen LogP contribution in [0.15, 0.2) is 42.6 Å². The highest BCUT2D eigenvalue weighted by molar-refractivity contribution is 5.46. The number of nitrogen functional groups attached to an aromatic ring is 1. The van der Waals surface area contributed by atoms with Crippen LogP contribution in [0.2, 0.25) is 0 Å². The highest BCUT2D eigenvalue weighted by Crippen LogP contribution is 2.25. The van der Waals surface area contributed by atoms with Crippen molar-refractivity contribution in [3.8, 4) is 0 Å². The first kappa shape index (κ1) is 13.6. The molecular weight excluding hydrogens is 234 g/mol. The van der Waals surface area contributed by atoms with E-state index in [2.05, 4.69) is 48.4 Å². The first-order chi connectivity index (χ1) is 9.22. The number of aryl methyl sites for hydroxylation is 1. The van der Waals surface area contributed by atoms with Gasteiger partial charge in [-0.3, -0.25) is 0 Å². The Morgan fingerprint density at radius 3 is 2.58 bits per heavy atom. The summed E-state index contributed by atoms with van der Waals surface area (Å²) in [6.45, 7) is 5.11. The zero-order valence-corrected chi connectivity index (χ0v) is 11.6. The van der Waals surface area contributed by atoms with Crippen LogP contribution >= 0.6 is 0 Å². The summed E-state index contributed by atoms with van der Waals surface area (Å²) in [5.74, 6) is 0.627. The Kier molecular flexibility index (Phi) is 4.53. The van der Waals surface area contributed by atoms with Gasteiger partial charge in [-0.25, -0.2) is 4.98 Å². The highest BCUT2D eigenvalue weighted by Gasteiger charge is 2.16. The minimum absolute atomic E-state index is 0.209. The molecule has 1 aromatic carbocycles. The van der Waals surface area contributed by atoms with Crippen molar-refractivity contribution in [2.75, 3.05) is 12.3 Å². The molecule has 0 aliphatic rings. The summed E-state index contributed by atoms with van der Waals surface area (Å²) in [6.07, 6.45) is 2.69. The number of pyridine rings is 1. The number of nitrogens with two attached hydrogens (primary N) is 1. The molecule has 3 heteroatoms. The number of nitrogens with one attached hydrogen (secondary N) is 1. The van der Waals surface area contributed by atoms with Crippen LogP contribution in [-0.4, -0.2) is 11.5 Å². The van der Waals surface area contributed by atoms with E-state index in [1.807, 2.05) is 12.1 Å². The molecule has 1 unspecified atom stereocenters. The van der Waals surface area contributed by atoms with Gasteiger partial charge in [-0.15, -0.1) is 0 Å². The number of nitrogens with zero attached hydrogens (tertiary/aromatic N) is 1. The van der Waals surface area contributed by atoms with Gasteiger partial charge in [0.1, 0.15) is 5.82 Å². The second-order valence-corrected chi connectivity index (χ2v) is 4.73. The summed E-state index contributed by atoms with van der Waals surface area (Å²) in [5, 5.41) is 3.51. The van der Waals surface area contributed by atoms with Crippen molar-refractivity contribution < 1.29 is 0 Å². The molecule has 1 atom stereocenters. The summed E-state index contributed by atoms with van der Waals surface area (Å²) in [6, 6.07) is 12.7. The smallest absolute Gasteiger partial charge is 0.128 e. The lowest BCUT2D eigenvalue weighted by molar-refractivity contribution is 0.547. The van der Waals surface area contributed by atoms with E-state index in [1.54, 1.807) is 6.20 Å². The Bertz CT molecular complexity index is 503. The van der Waals surface area contributed by atoms with Crippen LogP contribution in [0.4, 0.5) is 5.82 Å². The normalized spacial score (nSPS) is 12.3. The predicted molar refractivity (Wildman–Crippen MR) is 80.0 cm³/mol. The SMILES string of the molecule is CCNC(Cc1ccccc1)c1c(C)ccnc1N. The Labute approximate surface area is 114 Å². The van der Waals surface area contributed by atoms with Crippen LogP contribution in [0.3, 0.4) is 0 Å². The van der Waals surface area contributed by atoms with E-state index in [1.165, 1.54) is 11.1 Å². The van der Waals surface area contributed by atoms with Gasteiger partial charge < -0.3 is 11.1 Å². The van der Waals surface area contributed by atoms with Crippen molar-refractivity contribution in [1.29, 1.82) is 0 Å². The van der Waals surface area contributed by atoms with Gasteiger partial charge in [-0.1, -0.05) is 37.3 Å². The maximum Gasteiger partial charge on any atom is 0.128 e. The lowest BCUT2D eigenvalue weighted by Crippen LogP contribution is -2.25. The number of aromatic nitrogens is 1. The van der Waals surface area contributed by atoms with Gasteiger partial charge in [0.15, 0.2) is 0 Å². The summed E-state index contributed by atoms with van der Waals surface area (Å²) in [7, 11) is 0. The number of rotatable bonds is 5. The zero-order chi connectivity index (χ0) is 13.7. The molecule has 3 N–H and O–H groups in total. The molecule has 0 saturated carbocycles. The van der Waals surface area contributed by atoms with Crippen molar-refractivity contribution in [2.45, 2.75) is 26.3 Å². The fraction of sp³-hybridized carbons (Fsp3) is 0.312. The second-order valence-electron chi connectivity index (χ2n) is 4.73. The maximum atomic E-state index is 6.06. The first-order valence-corrected chi connectivity index (χ1v) is 6.70. The number of anilines is 1. The molecule has 0 radical (unpaired) electrons. The fourth-order valence-electron chi connectivity index (χ4n) is 2.42. The average Bonchev–Trinajstić information content (AvgIpc) is 2.40. The largest absolute Gasteiger partial charge is 0.383 e. The lowest BCUT2D eigenvalue weighted by Gasteiger charge is -2.21. The molecule has 3 nitrogen and oxygen atoms in total. The van der Waals surface area contributed by atoms with Crippen molar-refractivity contribution in [3.05, 3.63) is 59.3 Å². The molecule has 0 aliphatic heterocycles. The van der Waals surface area contributed by atoms with E-state index in [-0.39, 0.29) is 6.04 Å². The summed E-state index contributed by atoms with van der Waals surface area (Å²) in [4.78, 5) is 4.22. The van der Waals surface area contributed by atoms with Gasteiger partial charge in [-0.05, 0) is 37.1 Å². The van der Waals surface area contributed by atoms with Gasteiger partial charge in [0, 0.05) is 17.8 Å². The first-order valence-electron chi connectivity index (χ1n) is 6.70. The molecule has 2 rings (SSSR count). The Balaban J connectivity index is 2.30. The van der Waals surface area contributed by atoms with Crippen LogP contribution in [0.5, 0.6) is 0 Å². The number of hydrogen-bond acceptors (Lipinski definition) is 3. The summed E-state index contributed by atoms with van der Waals surface area (Å²) in [5.41, 5.74) is 9.66. The molecular formula is C16H21N3. The maximum absolute atomic E-state index is 6.06. The molecule has 2 aromatic rings. The molecule has 0 amide bonds. The minimum Gasteiger partial charge on any atom is -0.383 e. The molecule has 1 aromatic heterocycles. The van der Waals surface area contributed by atoms with Crippen molar-refractivity contribution >= 4 is 5.82 Å². The van der Waals surface area contributed by atoms with Gasteiger partial charge in [0.2, 0.25) is 0 Å². The standard InChI is InChI=1S/C16H21N3/c1-3-18-14(11-13-7-5-4-6-8-13)15-12(2)9-10-19-16(15)17/h4-10,14,18H,3,11H2,1-2H3,(H2,17,19). The second kappa shape index (κ2) is 6.34. The fourth-order valence-corrected chi connectivity index (χ4v) is 2.42. The van der Waals surface area contributed by atoms with Crippen LogP contribution in [0.1, 0.15) is 29.7 Å². The topological polar surface area (TPSA) is 50.9 Å². The van der Waals surface area contributed by atoms with Gasteiger partial charge >= 0.3 is 0 Å². The van der Waals surface area contributed by atoms with Gasteiger partial charge in [0.25, 0.3) is 0 Å². The molecule has 19 heavy (non-hydrogen) atoms. The number of benzene rings is 1. The van der Waals surface area contributed by atoms with E-state index < -0.39 is 0 Å². The lowest BCUT2D eigenvalue weighted by atomic mass is 9.96. The minimum atomic E-state index is 0.209. The van der Waals surface area contributed by atoms with E-state index in [4.69, 9.17) is 5.73 Å². The molecule has 100 valence electrons. The number of hydrogen-bond donors (Lipinski definition) is 2. The molecule has 0 aliphatic carbocycles. The molecule has 0 saturated heterocycles. The molecule has 0 spiro atoms. The Morgan fingerprint density at radius 2 is 1.95 bits per heavy atom. The third kappa shape index (κ3) is 3.32. The van der Waals surface area contributed by atoms with Gasteiger partial charge in [0.05, 0.1) is 0 Å². The van der Waals surface area contributed by atoms with Crippen LogP contribution < -0.4 is 11.1 Å². The van der Waals surface area contributed by atoms with Crippen molar-refractivity contribution in [1.82, 2.24) is 10.3 Å². The zero-order valence-electron chi connectivity index (χ0n) is 11.6. The Morgan fingerprint density at radius 1 is 1.21 bits per heavy atom. The third-order valence-electron chi connectivity index (χ3n) is 3.32. The van der Waals surface area contributed by atoms with E-state index in [0.29, 0.717) is 5.82 Å². The van der Waals surface area contributed by atoms with Gasteiger partial charge in [-0.2, -0.15) is 0 Å². The highest BCUT2D eigenvalue weighted by atomic mass is 14.9. The van der Waals surface area contributed by atoms with E-state index >= 15 is 0 Å². The monoisotopic (exact) mass is 255 g/mol. The average molecular weight is 255 g/mol. The molecule has 1 heterocycles. The summed E-state index contributed by atoms with van der Waals surface area (Å²) >= 11 is 0. The Hall–Kier alpha value is -1.87. The summed E-state index contributed by atoms with van der Waals surface area (Å²) < 4.78 is 0. The van der Waals surface area contributed by atoms with Crippen LogP contribution in [0.25, 0.3) is 0 Å². The quantitative estimate of drug-likeness (QED) is 0.863. The number of likely N-dealkylation sites (N-methyl/N-ethyl adjacent to an activating group) is 1. The van der Waals surface area contributed by atoms with E-state index in [0.717, 1.165) is 18.5 Å². The molecule has 0 bridgehead atoms. The van der Waals surface area contributed by atoms with E-state index in [9.17, 15) is 0 Å². The third-order valence-corrected chi connectivity index (χ3v) is 3.32.